The molecule has 3 rings (SSSR count). The van der Waals surface area contributed by atoms with Gasteiger partial charge in [0.25, 0.3) is 0 Å². The molecule has 0 spiro atoms. The molecular formula is C18H19Cl3N2O2. The van der Waals surface area contributed by atoms with Crippen molar-refractivity contribution in [3.63, 3.8) is 0 Å². The van der Waals surface area contributed by atoms with Crippen molar-refractivity contribution in [2.24, 2.45) is 0 Å². The molecule has 0 aliphatic carbocycles. The smallest absolute Gasteiger partial charge is 0.121 e. The number of piperazine rings is 1. The van der Waals surface area contributed by atoms with Crippen LogP contribution in [-0.4, -0.2) is 27.3 Å². The fourth-order valence-corrected chi connectivity index (χ4v) is 4.10. The summed E-state index contributed by atoms with van der Waals surface area (Å²) >= 11 is 19.5. The van der Waals surface area contributed by atoms with Crippen LogP contribution >= 0.6 is 34.8 Å². The number of benzene rings is 2. The molecule has 25 heavy (non-hydrogen) atoms. The van der Waals surface area contributed by atoms with E-state index in [1.165, 1.54) is 0 Å². The summed E-state index contributed by atoms with van der Waals surface area (Å²) in [5.41, 5.74) is 1.79. The predicted octanol–water partition coefficient (Wildman–Crippen LogP) is 4.64. The van der Waals surface area contributed by atoms with Gasteiger partial charge < -0.3 is 20.1 Å². The SMILES string of the molecule is COc1ccc([C@H]2NCCN[C@H]2c2c(Cl)cc(OC)cc2Cl)c(Cl)c1. The average molecular weight is 402 g/mol. The first-order chi connectivity index (χ1) is 12.0. The van der Waals surface area contributed by atoms with Crippen molar-refractivity contribution in [3.05, 3.63) is 56.5 Å². The Morgan fingerprint density at radius 3 is 1.92 bits per heavy atom. The third-order valence-corrected chi connectivity index (χ3v) is 5.28. The summed E-state index contributed by atoms with van der Waals surface area (Å²) in [5.74, 6) is 1.34. The Balaban J connectivity index is 2.03. The summed E-state index contributed by atoms with van der Waals surface area (Å²) in [6, 6.07) is 9.01. The van der Waals surface area contributed by atoms with Gasteiger partial charge in [0, 0.05) is 23.7 Å². The normalized spacial score (nSPS) is 20.4. The third kappa shape index (κ3) is 3.83. The zero-order chi connectivity index (χ0) is 18.0. The van der Waals surface area contributed by atoms with Gasteiger partial charge in [0.1, 0.15) is 11.5 Å². The summed E-state index contributed by atoms with van der Waals surface area (Å²) in [4.78, 5) is 0. The van der Waals surface area contributed by atoms with Gasteiger partial charge in [0.2, 0.25) is 0 Å². The minimum atomic E-state index is -0.120. The summed E-state index contributed by atoms with van der Waals surface area (Å²) in [5, 5.41) is 8.75. The minimum absolute atomic E-state index is 0.0736. The number of hydrogen-bond donors (Lipinski definition) is 2. The fourth-order valence-electron chi connectivity index (χ4n) is 3.11. The van der Waals surface area contributed by atoms with E-state index in [9.17, 15) is 0 Å². The fraction of sp³-hybridized carbons (Fsp3) is 0.333. The highest BCUT2D eigenvalue weighted by molar-refractivity contribution is 6.36. The molecule has 0 unspecified atom stereocenters. The van der Waals surface area contributed by atoms with Crippen LogP contribution in [0.1, 0.15) is 23.2 Å². The molecule has 1 aliphatic heterocycles. The summed E-state index contributed by atoms with van der Waals surface area (Å²) in [6.45, 7) is 1.61. The first-order valence-electron chi connectivity index (χ1n) is 7.88. The van der Waals surface area contributed by atoms with Gasteiger partial charge in [-0.05, 0) is 29.8 Å². The van der Waals surface area contributed by atoms with E-state index in [2.05, 4.69) is 10.6 Å². The lowest BCUT2D eigenvalue weighted by Gasteiger charge is -2.36. The van der Waals surface area contributed by atoms with E-state index in [1.807, 2.05) is 18.2 Å². The minimum Gasteiger partial charge on any atom is -0.497 e. The molecule has 0 aromatic heterocycles. The molecule has 7 heteroatoms. The summed E-state index contributed by atoms with van der Waals surface area (Å²) in [6.07, 6.45) is 0. The Bertz CT molecular complexity index is 747. The van der Waals surface area contributed by atoms with Gasteiger partial charge in [0.15, 0.2) is 0 Å². The van der Waals surface area contributed by atoms with Gasteiger partial charge >= 0.3 is 0 Å². The Hall–Kier alpha value is -1.17. The quantitative estimate of drug-likeness (QED) is 0.783. The largest absolute Gasteiger partial charge is 0.497 e. The van der Waals surface area contributed by atoms with Crippen LogP contribution in [0.15, 0.2) is 30.3 Å². The molecule has 1 aliphatic rings. The van der Waals surface area contributed by atoms with E-state index in [0.29, 0.717) is 20.8 Å². The molecule has 0 bridgehead atoms. The van der Waals surface area contributed by atoms with Gasteiger partial charge in [-0.15, -0.1) is 0 Å². The van der Waals surface area contributed by atoms with Crippen LogP contribution in [0.2, 0.25) is 15.1 Å². The standard InChI is InChI=1S/C18H19Cl3N2O2/c1-24-10-3-4-12(13(19)7-10)17-18(23-6-5-22-17)16-14(20)8-11(25-2)9-15(16)21/h3-4,7-9,17-18,22-23H,5-6H2,1-2H3/t17-,18+/m1/s1. The van der Waals surface area contributed by atoms with Crippen molar-refractivity contribution in [1.29, 1.82) is 0 Å². The van der Waals surface area contributed by atoms with Crippen LogP contribution in [0.3, 0.4) is 0 Å². The molecule has 2 aromatic rings. The van der Waals surface area contributed by atoms with Crippen molar-refractivity contribution in [2.45, 2.75) is 12.1 Å². The van der Waals surface area contributed by atoms with Gasteiger partial charge in [-0.2, -0.15) is 0 Å². The molecular weight excluding hydrogens is 383 g/mol. The van der Waals surface area contributed by atoms with Gasteiger partial charge in [-0.1, -0.05) is 40.9 Å². The predicted molar refractivity (Wildman–Crippen MR) is 103 cm³/mol. The van der Waals surface area contributed by atoms with E-state index < -0.39 is 0 Å². The maximum absolute atomic E-state index is 6.50. The highest BCUT2D eigenvalue weighted by atomic mass is 35.5. The maximum Gasteiger partial charge on any atom is 0.121 e. The molecule has 2 N–H and O–H groups in total. The Kier molecular flexibility index (Phi) is 5.97. The lowest BCUT2D eigenvalue weighted by Crippen LogP contribution is -2.45. The van der Waals surface area contributed by atoms with E-state index in [-0.39, 0.29) is 12.1 Å². The van der Waals surface area contributed by atoms with E-state index in [0.717, 1.165) is 30.0 Å². The number of halogens is 3. The van der Waals surface area contributed by atoms with Gasteiger partial charge in [-0.3, -0.25) is 0 Å². The molecule has 1 heterocycles. The maximum atomic E-state index is 6.50. The third-order valence-electron chi connectivity index (χ3n) is 4.33. The number of methoxy groups -OCH3 is 2. The molecule has 0 radical (unpaired) electrons. The average Bonchev–Trinajstić information content (AvgIpc) is 2.61. The van der Waals surface area contributed by atoms with E-state index in [4.69, 9.17) is 44.3 Å². The lowest BCUT2D eigenvalue weighted by atomic mass is 9.91. The molecule has 1 fully saturated rings. The highest BCUT2D eigenvalue weighted by Crippen LogP contribution is 2.42. The van der Waals surface area contributed by atoms with Crippen LogP contribution in [0.25, 0.3) is 0 Å². The van der Waals surface area contributed by atoms with Crippen molar-refractivity contribution < 1.29 is 9.47 Å². The van der Waals surface area contributed by atoms with Crippen LogP contribution in [0.5, 0.6) is 11.5 Å². The van der Waals surface area contributed by atoms with Crippen LogP contribution in [0, 0.1) is 0 Å². The first kappa shape index (κ1) is 18.6. The zero-order valence-electron chi connectivity index (χ0n) is 13.9. The van der Waals surface area contributed by atoms with Crippen molar-refractivity contribution in [1.82, 2.24) is 10.6 Å². The zero-order valence-corrected chi connectivity index (χ0v) is 16.2. The van der Waals surface area contributed by atoms with Crippen molar-refractivity contribution >= 4 is 34.8 Å². The van der Waals surface area contributed by atoms with Gasteiger partial charge in [-0.25, -0.2) is 0 Å². The Morgan fingerprint density at radius 2 is 1.36 bits per heavy atom. The topological polar surface area (TPSA) is 42.5 Å². The second-order valence-corrected chi connectivity index (χ2v) is 6.98. The summed E-state index contributed by atoms with van der Waals surface area (Å²) < 4.78 is 10.5. The molecule has 0 saturated carbocycles. The Labute approximate surface area is 162 Å². The number of hydrogen-bond acceptors (Lipinski definition) is 4. The molecule has 2 atom stereocenters. The molecule has 1 saturated heterocycles. The molecule has 2 aromatic carbocycles. The van der Waals surface area contributed by atoms with Crippen LogP contribution < -0.4 is 20.1 Å². The van der Waals surface area contributed by atoms with Gasteiger partial charge in [0.05, 0.1) is 36.3 Å². The monoisotopic (exact) mass is 400 g/mol. The molecule has 0 amide bonds. The number of rotatable bonds is 4. The second-order valence-electron chi connectivity index (χ2n) is 5.76. The highest BCUT2D eigenvalue weighted by Gasteiger charge is 2.32. The van der Waals surface area contributed by atoms with Crippen molar-refractivity contribution in [2.75, 3.05) is 27.3 Å². The second kappa shape index (κ2) is 8.02. The molecule has 134 valence electrons. The lowest BCUT2D eigenvalue weighted by molar-refractivity contribution is 0.332. The van der Waals surface area contributed by atoms with Crippen LogP contribution in [0.4, 0.5) is 0 Å². The van der Waals surface area contributed by atoms with E-state index >= 15 is 0 Å². The summed E-state index contributed by atoms with van der Waals surface area (Å²) in [7, 11) is 3.20. The van der Waals surface area contributed by atoms with Crippen molar-refractivity contribution in [3.8, 4) is 11.5 Å². The Morgan fingerprint density at radius 1 is 0.800 bits per heavy atom. The number of nitrogens with one attached hydrogen (secondary N) is 2. The van der Waals surface area contributed by atoms with Crippen LogP contribution in [-0.2, 0) is 0 Å². The molecule has 4 nitrogen and oxygen atoms in total. The van der Waals surface area contributed by atoms with E-state index in [1.54, 1.807) is 26.4 Å². The number of ether oxygens (including phenoxy) is 2. The first-order valence-corrected chi connectivity index (χ1v) is 9.01.